The number of Topliss-reactive ketones (excluding diaryl/α,β-unsaturated/α-hetero) is 2. The summed E-state index contributed by atoms with van der Waals surface area (Å²) in [6, 6.07) is 6.24. The molecule has 0 atom stereocenters. The predicted octanol–water partition coefficient (Wildman–Crippen LogP) is 2.72. The van der Waals surface area contributed by atoms with Crippen LogP contribution in [0.15, 0.2) is 24.3 Å². The molecule has 0 bridgehead atoms. The van der Waals surface area contributed by atoms with Crippen molar-refractivity contribution in [3.63, 3.8) is 0 Å². The molecule has 10 heteroatoms. The Labute approximate surface area is 192 Å². The molecule has 10 nitrogen and oxygen atoms in total. The van der Waals surface area contributed by atoms with E-state index in [4.69, 9.17) is 37.9 Å². The number of methoxy groups -OCH3 is 6. The van der Waals surface area contributed by atoms with E-state index in [1.54, 1.807) is 24.3 Å². The van der Waals surface area contributed by atoms with Gasteiger partial charge in [0.2, 0.25) is 11.5 Å². The molecule has 2 rings (SSSR count). The molecule has 0 spiro atoms. The third-order valence-electron chi connectivity index (χ3n) is 4.47. The van der Waals surface area contributed by atoms with Crippen LogP contribution in [0.3, 0.4) is 0 Å². The monoisotopic (exact) mass is 464 g/mol. The van der Waals surface area contributed by atoms with Gasteiger partial charge in [-0.1, -0.05) is 0 Å². The third-order valence-corrected chi connectivity index (χ3v) is 4.47. The molecule has 0 fully saturated rings. The summed E-state index contributed by atoms with van der Waals surface area (Å²) in [5, 5.41) is 0. The quantitative estimate of drug-likeness (QED) is 0.387. The van der Waals surface area contributed by atoms with Crippen molar-refractivity contribution in [2.45, 2.75) is 6.42 Å². The van der Waals surface area contributed by atoms with E-state index in [0.29, 0.717) is 46.0 Å². The number of carbonyl (C=O) groups excluding carboxylic acids is 2. The van der Waals surface area contributed by atoms with Crippen molar-refractivity contribution in [2.24, 2.45) is 0 Å². The highest BCUT2D eigenvalue weighted by atomic mass is 16.5. The van der Waals surface area contributed by atoms with Crippen LogP contribution in [0.25, 0.3) is 0 Å². The first kappa shape index (κ1) is 25.4. The molecule has 2 aromatic rings. The van der Waals surface area contributed by atoms with Gasteiger partial charge in [-0.3, -0.25) is 9.59 Å². The van der Waals surface area contributed by atoms with Crippen LogP contribution in [0.5, 0.6) is 46.0 Å². The van der Waals surface area contributed by atoms with Crippen LogP contribution in [0, 0.1) is 0 Å². The number of hydrogen-bond acceptors (Lipinski definition) is 10. The van der Waals surface area contributed by atoms with Crippen LogP contribution in [0.4, 0.5) is 0 Å². The number of ether oxygens (including phenoxy) is 8. The first-order valence-electron chi connectivity index (χ1n) is 9.79. The number of ketones is 2. The standard InChI is InChI=1S/C23H28O10/c1-26-18-8-16(9-19(27-2)22(18)30-5)32-12-14(24)7-15(25)13-33-17-10-20(28-3)23(31-6)21(11-17)29-4/h8-11H,7,12-13H2,1-6H3. The van der Waals surface area contributed by atoms with E-state index < -0.39 is 11.6 Å². The fourth-order valence-corrected chi connectivity index (χ4v) is 2.93. The second-order valence-corrected chi connectivity index (χ2v) is 6.55. The van der Waals surface area contributed by atoms with E-state index in [9.17, 15) is 9.59 Å². The molecule has 0 aliphatic rings. The van der Waals surface area contributed by atoms with Crippen molar-refractivity contribution in [1.82, 2.24) is 0 Å². The number of rotatable bonds is 14. The first-order chi connectivity index (χ1) is 15.9. The maximum Gasteiger partial charge on any atom is 0.203 e. The van der Waals surface area contributed by atoms with Crippen LogP contribution in [0.2, 0.25) is 0 Å². The summed E-state index contributed by atoms with van der Waals surface area (Å²) < 4.78 is 42.5. The minimum atomic E-state index is -0.415. The molecule has 33 heavy (non-hydrogen) atoms. The van der Waals surface area contributed by atoms with Gasteiger partial charge in [0.25, 0.3) is 0 Å². The molecular weight excluding hydrogens is 436 g/mol. The normalized spacial score (nSPS) is 10.1. The molecular formula is C23H28O10. The van der Waals surface area contributed by atoms with Gasteiger partial charge in [0.05, 0.1) is 49.1 Å². The second kappa shape index (κ2) is 12.3. The van der Waals surface area contributed by atoms with Crippen molar-refractivity contribution < 1.29 is 47.5 Å². The van der Waals surface area contributed by atoms with E-state index in [1.165, 1.54) is 42.7 Å². The molecule has 0 heterocycles. The van der Waals surface area contributed by atoms with Crippen LogP contribution < -0.4 is 37.9 Å². The lowest BCUT2D eigenvalue weighted by Gasteiger charge is -2.15. The SMILES string of the molecule is COc1cc(OCC(=O)CC(=O)COc2cc(OC)c(OC)c(OC)c2)cc(OC)c1OC. The molecule has 2 aromatic carbocycles. The lowest BCUT2D eigenvalue weighted by Crippen LogP contribution is -2.20. The zero-order valence-electron chi connectivity index (χ0n) is 19.5. The van der Waals surface area contributed by atoms with Gasteiger partial charge in [0.1, 0.15) is 24.7 Å². The zero-order chi connectivity index (χ0) is 24.4. The van der Waals surface area contributed by atoms with E-state index in [0.717, 1.165) is 0 Å². The van der Waals surface area contributed by atoms with Gasteiger partial charge in [0, 0.05) is 24.3 Å². The number of benzene rings is 2. The van der Waals surface area contributed by atoms with Crippen molar-refractivity contribution >= 4 is 11.6 Å². The zero-order valence-corrected chi connectivity index (χ0v) is 19.5. The fourth-order valence-electron chi connectivity index (χ4n) is 2.93. The summed E-state index contributed by atoms with van der Waals surface area (Å²) in [7, 11) is 8.85. The van der Waals surface area contributed by atoms with Crippen molar-refractivity contribution in [3.8, 4) is 46.0 Å². The third kappa shape index (κ3) is 6.58. The van der Waals surface area contributed by atoms with E-state index in [-0.39, 0.29) is 19.6 Å². The van der Waals surface area contributed by atoms with Gasteiger partial charge >= 0.3 is 0 Å². The summed E-state index contributed by atoms with van der Waals surface area (Å²) in [5.74, 6) is 2.17. The average molecular weight is 464 g/mol. The second-order valence-electron chi connectivity index (χ2n) is 6.55. The largest absolute Gasteiger partial charge is 0.493 e. The number of carbonyl (C=O) groups is 2. The summed E-state index contributed by atoms with van der Waals surface area (Å²) in [6.45, 7) is -0.622. The molecule has 0 radical (unpaired) electrons. The molecule has 0 saturated carbocycles. The molecule has 180 valence electrons. The maximum absolute atomic E-state index is 12.2. The Morgan fingerprint density at radius 1 is 0.545 bits per heavy atom. The number of hydrogen-bond donors (Lipinski definition) is 0. The van der Waals surface area contributed by atoms with Crippen LogP contribution in [0.1, 0.15) is 6.42 Å². The Morgan fingerprint density at radius 2 is 0.848 bits per heavy atom. The van der Waals surface area contributed by atoms with Gasteiger partial charge in [-0.15, -0.1) is 0 Å². The van der Waals surface area contributed by atoms with Crippen LogP contribution in [-0.4, -0.2) is 67.4 Å². The average Bonchev–Trinajstić information content (AvgIpc) is 2.84. The lowest BCUT2D eigenvalue weighted by atomic mass is 10.2. The maximum atomic E-state index is 12.2. The highest BCUT2D eigenvalue weighted by molar-refractivity contribution is 6.00. The van der Waals surface area contributed by atoms with Gasteiger partial charge in [-0.05, 0) is 0 Å². The Bertz CT molecular complexity index is 842. The smallest absolute Gasteiger partial charge is 0.203 e. The van der Waals surface area contributed by atoms with Crippen molar-refractivity contribution in [3.05, 3.63) is 24.3 Å². The minimum absolute atomic E-state index is 0.311. The minimum Gasteiger partial charge on any atom is -0.493 e. The van der Waals surface area contributed by atoms with Crippen LogP contribution in [-0.2, 0) is 9.59 Å². The van der Waals surface area contributed by atoms with E-state index >= 15 is 0 Å². The van der Waals surface area contributed by atoms with Crippen molar-refractivity contribution in [1.29, 1.82) is 0 Å². The predicted molar refractivity (Wildman–Crippen MR) is 118 cm³/mol. The summed E-state index contributed by atoms with van der Waals surface area (Å²) in [5.41, 5.74) is 0. The highest BCUT2D eigenvalue weighted by Gasteiger charge is 2.17. The summed E-state index contributed by atoms with van der Waals surface area (Å²) in [4.78, 5) is 24.4. The van der Waals surface area contributed by atoms with Gasteiger partial charge < -0.3 is 37.9 Å². The molecule has 0 N–H and O–H groups in total. The van der Waals surface area contributed by atoms with E-state index in [1.807, 2.05) is 0 Å². The van der Waals surface area contributed by atoms with Crippen LogP contribution >= 0.6 is 0 Å². The lowest BCUT2D eigenvalue weighted by molar-refractivity contribution is -0.129. The molecule has 0 amide bonds. The highest BCUT2D eigenvalue weighted by Crippen LogP contribution is 2.41. The Morgan fingerprint density at radius 3 is 1.09 bits per heavy atom. The molecule has 0 aromatic heterocycles. The summed E-state index contributed by atoms with van der Waals surface area (Å²) in [6.07, 6.45) is -0.352. The Hall–Kier alpha value is -3.82. The molecule has 0 unspecified atom stereocenters. The first-order valence-corrected chi connectivity index (χ1v) is 9.79. The van der Waals surface area contributed by atoms with Gasteiger partial charge in [0.15, 0.2) is 34.6 Å². The summed E-state index contributed by atoms with van der Waals surface area (Å²) >= 11 is 0. The van der Waals surface area contributed by atoms with Gasteiger partial charge in [-0.2, -0.15) is 0 Å². The van der Waals surface area contributed by atoms with E-state index in [2.05, 4.69) is 0 Å². The molecule has 0 aliphatic carbocycles. The topological polar surface area (TPSA) is 108 Å². The molecule has 0 aliphatic heterocycles. The fraction of sp³-hybridized carbons (Fsp3) is 0.391. The molecule has 0 saturated heterocycles. The Balaban J connectivity index is 1.94. The Kier molecular flexibility index (Phi) is 9.46. The van der Waals surface area contributed by atoms with Gasteiger partial charge in [-0.25, -0.2) is 0 Å². The van der Waals surface area contributed by atoms with Crippen molar-refractivity contribution in [2.75, 3.05) is 55.9 Å².